The number of ether oxygens (including phenoxy) is 1. The fraction of sp³-hybridized carbons (Fsp3) is 0.381. The Balaban J connectivity index is 1.43. The summed E-state index contributed by atoms with van der Waals surface area (Å²) in [5.74, 6) is -2.36. The number of nitrogens with one attached hydrogen (secondary N) is 1. The van der Waals surface area contributed by atoms with Gasteiger partial charge >= 0.3 is 5.97 Å². The topological polar surface area (TPSA) is 111 Å². The summed E-state index contributed by atoms with van der Waals surface area (Å²) < 4.78 is 6.86. The van der Waals surface area contributed by atoms with E-state index in [2.05, 4.69) is 10.4 Å². The van der Waals surface area contributed by atoms with Crippen LogP contribution in [0.25, 0.3) is 0 Å². The van der Waals surface area contributed by atoms with E-state index in [0.29, 0.717) is 19.5 Å². The number of carbonyl (C=O) groups is 4. The number of esters is 1. The van der Waals surface area contributed by atoms with Crippen LogP contribution in [-0.4, -0.2) is 57.6 Å². The molecule has 2 heterocycles. The molecule has 0 saturated carbocycles. The summed E-state index contributed by atoms with van der Waals surface area (Å²) in [6.07, 6.45) is 0.674. The van der Waals surface area contributed by atoms with Gasteiger partial charge in [-0.15, -0.1) is 0 Å². The molecule has 0 fully saturated rings. The second-order valence-electron chi connectivity index (χ2n) is 7.16. The summed E-state index contributed by atoms with van der Waals surface area (Å²) in [7, 11) is 0. The van der Waals surface area contributed by atoms with E-state index in [9.17, 15) is 19.2 Å². The number of benzene rings is 1. The Kier molecular flexibility index (Phi) is 6.29. The van der Waals surface area contributed by atoms with Gasteiger partial charge in [-0.1, -0.05) is 12.1 Å². The van der Waals surface area contributed by atoms with Crippen molar-refractivity contribution in [1.82, 2.24) is 20.0 Å². The molecule has 158 valence electrons. The van der Waals surface area contributed by atoms with Gasteiger partial charge in [0.2, 0.25) is 0 Å². The van der Waals surface area contributed by atoms with Crippen LogP contribution in [0, 0.1) is 13.8 Å². The smallest absolute Gasteiger partial charge is 0.329 e. The van der Waals surface area contributed by atoms with Gasteiger partial charge in [0, 0.05) is 18.8 Å². The molecule has 1 aromatic carbocycles. The Hall–Kier alpha value is -3.49. The molecule has 1 atom stereocenters. The molecule has 1 aliphatic rings. The third-order valence-electron chi connectivity index (χ3n) is 4.87. The minimum absolute atomic E-state index is 0.252. The van der Waals surface area contributed by atoms with Crippen LogP contribution in [0.4, 0.5) is 0 Å². The lowest BCUT2D eigenvalue weighted by atomic mass is 10.1. The molecule has 0 aliphatic carbocycles. The molecule has 9 heteroatoms. The van der Waals surface area contributed by atoms with Gasteiger partial charge in [-0.3, -0.25) is 24.0 Å². The number of hydrogen-bond donors (Lipinski definition) is 1. The molecule has 9 nitrogen and oxygen atoms in total. The van der Waals surface area contributed by atoms with E-state index in [0.717, 1.165) is 16.3 Å². The van der Waals surface area contributed by atoms with Gasteiger partial charge in [0.25, 0.3) is 17.7 Å². The van der Waals surface area contributed by atoms with E-state index in [1.807, 2.05) is 24.6 Å². The lowest BCUT2D eigenvalue weighted by Gasteiger charge is -2.20. The highest BCUT2D eigenvalue weighted by atomic mass is 16.5. The van der Waals surface area contributed by atoms with Crippen LogP contribution in [0.5, 0.6) is 0 Å². The van der Waals surface area contributed by atoms with Crippen LogP contribution in [0.2, 0.25) is 0 Å². The van der Waals surface area contributed by atoms with Crippen LogP contribution in [0.1, 0.15) is 45.4 Å². The van der Waals surface area contributed by atoms with Crippen molar-refractivity contribution in [2.75, 3.05) is 13.2 Å². The zero-order chi connectivity index (χ0) is 21.8. The summed E-state index contributed by atoms with van der Waals surface area (Å²) in [6, 6.07) is 7.22. The van der Waals surface area contributed by atoms with Crippen molar-refractivity contribution < 1.29 is 23.9 Å². The lowest BCUT2D eigenvalue weighted by molar-refractivity contribution is -0.151. The fourth-order valence-electron chi connectivity index (χ4n) is 3.33. The van der Waals surface area contributed by atoms with E-state index in [-0.39, 0.29) is 11.1 Å². The molecule has 2 aromatic rings. The molecular formula is C21H24N4O5. The number of carbonyl (C=O) groups excluding carboxylic acids is 4. The number of aromatic nitrogens is 2. The number of rotatable bonds is 8. The first-order chi connectivity index (χ1) is 14.3. The summed E-state index contributed by atoms with van der Waals surface area (Å²) in [5.41, 5.74) is 2.50. The molecule has 0 saturated heterocycles. The molecule has 1 N–H and O–H groups in total. The zero-order valence-corrected chi connectivity index (χ0v) is 17.2. The highest BCUT2D eigenvalue weighted by molar-refractivity contribution is 6.22. The van der Waals surface area contributed by atoms with Crippen LogP contribution in [-0.2, 0) is 20.9 Å². The van der Waals surface area contributed by atoms with Gasteiger partial charge in [0.05, 0.1) is 16.8 Å². The summed E-state index contributed by atoms with van der Waals surface area (Å²) in [4.78, 5) is 49.9. The average molecular weight is 412 g/mol. The average Bonchev–Trinajstić information content (AvgIpc) is 3.18. The van der Waals surface area contributed by atoms with Gasteiger partial charge in [-0.05, 0) is 45.4 Å². The summed E-state index contributed by atoms with van der Waals surface area (Å²) >= 11 is 0. The molecule has 0 spiro atoms. The standard InChI is InChI=1S/C21H24N4O5/c1-13-11-14(2)24(23-13)10-6-9-22-18(26)12-30-21(29)15(3)25-19(27)16-7-4-5-8-17(16)20(25)28/h4-5,7-8,11,15H,6,9-10,12H2,1-3H3,(H,22,26)/t15-/m1/s1. The minimum Gasteiger partial charge on any atom is -0.454 e. The molecule has 3 amide bonds. The van der Waals surface area contributed by atoms with Crippen molar-refractivity contribution >= 4 is 23.7 Å². The first kappa shape index (κ1) is 21.2. The molecule has 0 bridgehead atoms. The highest BCUT2D eigenvalue weighted by Gasteiger charge is 2.41. The number of amides is 3. The number of fused-ring (bicyclic) bond motifs is 1. The Morgan fingerprint density at radius 2 is 1.77 bits per heavy atom. The van der Waals surface area contributed by atoms with Crippen molar-refractivity contribution in [3.8, 4) is 0 Å². The first-order valence-electron chi connectivity index (χ1n) is 9.71. The molecule has 1 aliphatic heterocycles. The monoisotopic (exact) mass is 412 g/mol. The van der Waals surface area contributed by atoms with Crippen molar-refractivity contribution in [2.45, 2.75) is 39.8 Å². The highest BCUT2D eigenvalue weighted by Crippen LogP contribution is 2.24. The van der Waals surface area contributed by atoms with Crippen molar-refractivity contribution in [3.63, 3.8) is 0 Å². The maximum absolute atomic E-state index is 12.4. The number of hydrogen-bond acceptors (Lipinski definition) is 6. The van der Waals surface area contributed by atoms with E-state index >= 15 is 0 Å². The maximum Gasteiger partial charge on any atom is 0.329 e. The molecule has 1 aromatic heterocycles. The Morgan fingerprint density at radius 3 is 2.33 bits per heavy atom. The zero-order valence-electron chi connectivity index (χ0n) is 17.2. The normalized spacial score (nSPS) is 13.9. The van der Waals surface area contributed by atoms with Crippen molar-refractivity contribution in [2.24, 2.45) is 0 Å². The van der Waals surface area contributed by atoms with E-state index in [1.54, 1.807) is 12.1 Å². The summed E-state index contributed by atoms with van der Waals surface area (Å²) in [6.45, 7) is 5.87. The first-order valence-corrected chi connectivity index (χ1v) is 9.71. The van der Waals surface area contributed by atoms with Crippen LogP contribution in [0.15, 0.2) is 30.3 Å². The number of imide groups is 1. The quantitative estimate of drug-likeness (QED) is 0.397. The maximum atomic E-state index is 12.4. The van der Waals surface area contributed by atoms with Gasteiger partial charge in [-0.25, -0.2) is 4.79 Å². The van der Waals surface area contributed by atoms with E-state index in [4.69, 9.17) is 4.74 Å². The van der Waals surface area contributed by atoms with E-state index in [1.165, 1.54) is 19.1 Å². The Bertz CT molecular complexity index is 962. The molecule has 0 radical (unpaired) electrons. The van der Waals surface area contributed by atoms with Gasteiger partial charge < -0.3 is 10.1 Å². The van der Waals surface area contributed by atoms with Crippen LogP contribution in [0.3, 0.4) is 0 Å². The van der Waals surface area contributed by atoms with Crippen LogP contribution >= 0.6 is 0 Å². The minimum atomic E-state index is -1.13. The number of nitrogens with zero attached hydrogens (tertiary/aromatic N) is 3. The Labute approximate surface area is 174 Å². The predicted octanol–water partition coefficient (Wildman–Crippen LogP) is 1.23. The van der Waals surface area contributed by atoms with Gasteiger partial charge in [-0.2, -0.15) is 5.10 Å². The third kappa shape index (κ3) is 4.40. The fourth-order valence-corrected chi connectivity index (χ4v) is 3.33. The molecular weight excluding hydrogens is 388 g/mol. The second-order valence-corrected chi connectivity index (χ2v) is 7.16. The second kappa shape index (κ2) is 8.89. The van der Waals surface area contributed by atoms with Crippen molar-refractivity contribution in [1.29, 1.82) is 0 Å². The lowest BCUT2D eigenvalue weighted by Crippen LogP contribution is -2.44. The molecule has 0 unspecified atom stereocenters. The summed E-state index contributed by atoms with van der Waals surface area (Å²) in [5, 5.41) is 7.02. The van der Waals surface area contributed by atoms with Crippen LogP contribution < -0.4 is 5.32 Å². The SMILES string of the molecule is Cc1cc(C)n(CCCNC(=O)COC(=O)[C@@H](C)N2C(=O)c3ccccc3C2=O)n1. The molecule has 30 heavy (non-hydrogen) atoms. The third-order valence-corrected chi connectivity index (χ3v) is 4.87. The molecule has 3 rings (SSSR count). The van der Waals surface area contributed by atoms with Gasteiger partial charge in [0.1, 0.15) is 6.04 Å². The van der Waals surface area contributed by atoms with Crippen molar-refractivity contribution in [3.05, 3.63) is 52.8 Å². The van der Waals surface area contributed by atoms with E-state index < -0.39 is 36.3 Å². The largest absolute Gasteiger partial charge is 0.454 e. The van der Waals surface area contributed by atoms with Gasteiger partial charge in [0.15, 0.2) is 6.61 Å². The Morgan fingerprint density at radius 1 is 1.13 bits per heavy atom. The predicted molar refractivity (Wildman–Crippen MR) is 107 cm³/mol. The number of aryl methyl sites for hydroxylation is 3.